The lowest BCUT2D eigenvalue weighted by molar-refractivity contribution is 0.0956. The molecule has 2 N–H and O–H groups in total. The molecule has 0 saturated carbocycles. The zero-order valence-corrected chi connectivity index (χ0v) is 9.51. The van der Waals surface area contributed by atoms with Gasteiger partial charge < -0.3 is 15.1 Å². The number of halogens is 1. The Bertz CT molecular complexity index is 412. The van der Waals surface area contributed by atoms with Crippen molar-refractivity contribution in [1.29, 1.82) is 0 Å². The van der Waals surface area contributed by atoms with Gasteiger partial charge in [0.2, 0.25) is 5.22 Å². The summed E-state index contributed by atoms with van der Waals surface area (Å²) in [4.78, 5) is 11.7. The summed E-state index contributed by atoms with van der Waals surface area (Å²) in [5, 5.41) is 6.17. The quantitative estimate of drug-likeness (QED) is 0.789. The molecule has 0 aliphatic carbocycles. The lowest BCUT2D eigenvalue weighted by atomic mass is 10.1. The Hall–Kier alpha value is -1.26. The van der Waals surface area contributed by atoms with Gasteiger partial charge in [0.05, 0.1) is 11.8 Å². The highest BCUT2D eigenvalue weighted by atomic mass is 35.5. The fraction of sp³-hybridized carbons (Fsp3) is 0.364. The van der Waals surface area contributed by atoms with E-state index in [0.717, 1.165) is 19.5 Å². The fourth-order valence-electron chi connectivity index (χ4n) is 1.57. The van der Waals surface area contributed by atoms with Gasteiger partial charge in [-0.2, -0.15) is 0 Å². The third-order valence-electron chi connectivity index (χ3n) is 2.50. The maximum absolute atomic E-state index is 11.7. The number of amides is 1. The molecule has 2 rings (SSSR count). The van der Waals surface area contributed by atoms with Crippen molar-refractivity contribution in [2.45, 2.75) is 6.42 Å². The van der Waals surface area contributed by atoms with E-state index in [1.165, 1.54) is 11.8 Å². The van der Waals surface area contributed by atoms with Crippen LogP contribution in [0.2, 0.25) is 5.22 Å². The molecule has 1 aliphatic heterocycles. The van der Waals surface area contributed by atoms with Crippen LogP contribution in [0.3, 0.4) is 0 Å². The molecule has 0 bridgehead atoms. The Morgan fingerprint density at radius 2 is 2.50 bits per heavy atom. The fourth-order valence-corrected chi connectivity index (χ4v) is 1.78. The van der Waals surface area contributed by atoms with E-state index in [9.17, 15) is 4.79 Å². The van der Waals surface area contributed by atoms with Crippen molar-refractivity contribution >= 4 is 17.5 Å². The van der Waals surface area contributed by atoms with Gasteiger partial charge in [0.1, 0.15) is 0 Å². The van der Waals surface area contributed by atoms with Gasteiger partial charge in [-0.1, -0.05) is 11.6 Å². The average molecular weight is 241 g/mol. The van der Waals surface area contributed by atoms with Crippen LogP contribution in [0.15, 0.2) is 28.4 Å². The van der Waals surface area contributed by atoms with E-state index in [4.69, 9.17) is 16.0 Å². The van der Waals surface area contributed by atoms with E-state index in [0.29, 0.717) is 12.1 Å². The van der Waals surface area contributed by atoms with E-state index in [1.807, 2.05) is 0 Å². The van der Waals surface area contributed by atoms with E-state index in [1.54, 1.807) is 6.07 Å². The molecule has 0 atom stereocenters. The van der Waals surface area contributed by atoms with Crippen molar-refractivity contribution in [2.75, 3.05) is 19.6 Å². The molecule has 0 saturated heterocycles. The second kappa shape index (κ2) is 5.18. The zero-order chi connectivity index (χ0) is 11.4. The molecule has 1 amide bonds. The Morgan fingerprint density at radius 1 is 1.62 bits per heavy atom. The van der Waals surface area contributed by atoms with Crippen LogP contribution in [0.5, 0.6) is 0 Å². The highest BCUT2D eigenvalue weighted by Gasteiger charge is 2.13. The third-order valence-corrected chi connectivity index (χ3v) is 2.79. The largest absolute Gasteiger partial charge is 0.452 e. The van der Waals surface area contributed by atoms with Gasteiger partial charge in [-0.3, -0.25) is 4.79 Å². The number of carbonyl (C=O) groups excluding carboxylic acids is 1. The molecule has 0 aromatic carbocycles. The summed E-state index contributed by atoms with van der Waals surface area (Å²) >= 11 is 5.70. The Kier molecular flexibility index (Phi) is 3.64. The molecule has 1 aliphatic rings. The van der Waals surface area contributed by atoms with Crippen molar-refractivity contribution in [2.24, 2.45) is 0 Å². The van der Waals surface area contributed by atoms with Gasteiger partial charge in [0, 0.05) is 13.1 Å². The molecule has 0 radical (unpaired) electrons. The first kappa shape index (κ1) is 11.2. The number of rotatable bonds is 3. The van der Waals surface area contributed by atoms with Crippen LogP contribution < -0.4 is 10.6 Å². The van der Waals surface area contributed by atoms with Gasteiger partial charge in [-0.15, -0.1) is 0 Å². The maximum Gasteiger partial charge on any atom is 0.256 e. The Labute approximate surface area is 98.6 Å². The first-order valence-corrected chi connectivity index (χ1v) is 5.55. The summed E-state index contributed by atoms with van der Waals surface area (Å²) in [6.45, 7) is 2.41. The first-order valence-electron chi connectivity index (χ1n) is 5.17. The summed E-state index contributed by atoms with van der Waals surface area (Å²) in [5.74, 6) is -0.196. The number of furan rings is 1. The topological polar surface area (TPSA) is 54.3 Å². The molecule has 5 heteroatoms. The van der Waals surface area contributed by atoms with Crippen molar-refractivity contribution in [3.05, 3.63) is 34.8 Å². The van der Waals surface area contributed by atoms with Crippen LogP contribution in [0.1, 0.15) is 16.8 Å². The molecule has 0 unspecified atom stereocenters. The lowest BCUT2D eigenvalue weighted by Gasteiger charge is -2.14. The van der Waals surface area contributed by atoms with Crippen molar-refractivity contribution in [3.63, 3.8) is 0 Å². The summed E-state index contributed by atoms with van der Waals surface area (Å²) in [6, 6.07) is 1.56. The molecule has 4 nitrogen and oxygen atoms in total. The second-order valence-corrected chi connectivity index (χ2v) is 3.95. The number of carbonyl (C=O) groups is 1. The predicted molar refractivity (Wildman–Crippen MR) is 61.6 cm³/mol. The third kappa shape index (κ3) is 2.65. The van der Waals surface area contributed by atoms with Crippen LogP contribution in [0.4, 0.5) is 0 Å². The number of hydrogen-bond acceptors (Lipinski definition) is 3. The molecular formula is C11H13ClN2O2. The highest BCUT2D eigenvalue weighted by molar-refractivity contribution is 6.32. The van der Waals surface area contributed by atoms with Crippen LogP contribution in [0.25, 0.3) is 0 Å². The molecule has 0 fully saturated rings. The van der Waals surface area contributed by atoms with Gasteiger partial charge in [0.25, 0.3) is 5.91 Å². The normalized spacial score (nSPS) is 15.7. The second-order valence-electron chi connectivity index (χ2n) is 3.61. The molecule has 2 heterocycles. The molecule has 1 aromatic rings. The Balaban J connectivity index is 1.89. The SMILES string of the molecule is O=C(NCC1=CCNCC1)c1ccoc1Cl. The van der Waals surface area contributed by atoms with Gasteiger partial charge in [-0.05, 0) is 30.6 Å². The molecular weight excluding hydrogens is 228 g/mol. The molecule has 16 heavy (non-hydrogen) atoms. The molecule has 86 valence electrons. The average Bonchev–Trinajstić information content (AvgIpc) is 2.74. The van der Waals surface area contributed by atoms with E-state index >= 15 is 0 Å². The van der Waals surface area contributed by atoms with Crippen molar-refractivity contribution in [3.8, 4) is 0 Å². The van der Waals surface area contributed by atoms with Crippen LogP contribution >= 0.6 is 11.6 Å². The van der Waals surface area contributed by atoms with Crippen LogP contribution in [0, 0.1) is 0 Å². The van der Waals surface area contributed by atoms with E-state index in [-0.39, 0.29) is 11.1 Å². The number of nitrogens with one attached hydrogen (secondary N) is 2. The summed E-state index contributed by atoms with van der Waals surface area (Å²) < 4.78 is 4.86. The summed E-state index contributed by atoms with van der Waals surface area (Å²) in [6.07, 6.45) is 4.47. The first-order chi connectivity index (χ1) is 7.77. The smallest absolute Gasteiger partial charge is 0.256 e. The van der Waals surface area contributed by atoms with Crippen molar-refractivity contribution < 1.29 is 9.21 Å². The van der Waals surface area contributed by atoms with E-state index < -0.39 is 0 Å². The van der Waals surface area contributed by atoms with Gasteiger partial charge in [-0.25, -0.2) is 0 Å². The standard InChI is InChI=1S/C11H13ClN2O2/c12-10-9(3-6-16-10)11(15)14-7-8-1-4-13-5-2-8/h1,3,6,13H,2,4-5,7H2,(H,14,15). The Morgan fingerprint density at radius 3 is 3.12 bits per heavy atom. The summed E-state index contributed by atoms with van der Waals surface area (Å²) in [7, 11) is 0. The monoisotopic (exact) mass is 240 g/mol. The van der Waals surface area contributed by atoms with Crippen molar-refractivity contribution in [1.82, 2.24) is 10.6 Å². The van der Waals surface area contributed by atoms with Gasteiger partial charge in [0.15, 0.2) is 0 Å². The number of hydrogen-bond donors (Lipinski definition) is 2. The molecule has 1 aromatic heterocycles. The van der Waals surface area contributed by atoms with Crippen LogP contribution in [-0.4, -0.2) is 25.5 Å². The minimum Gasteiger partial charge on any atom is -0.452 e. The minimum absolute atomic E-state index is 0.136. The highest BCUT2D eigenvalue weighted by Crippen LogP contribution is 2.16. The van der Waals surface area contributed by atoms with E-state index in [2.05, 4.69) is 16.7 Å². The lowest BCUT2D eigenvalue weighted by Crippen LogP contribution is -2.29. The molecule has 0 spiro atoms. The maximum atomic E-state index is 11.7. The summed E-state index contributed by atoms with van der Waals surface area (Å²) in [5.41, 5.74) is 1.63. The zero-order valence-electron chi connectivity index (χ0n) is 8.75. The minimum atomic E-state index is -0.196. The van der Waals surface area contributed by atoms with Gasteiger partial charge >= 0.3 is 0 Å². The predicted octanol–water partition coefficient (Wildman–Crippen LogP) is 1.58. The van der Waals surface area contributed by atoms with Crippen LogP contribution in [-0.2, 0) is 0 Å².